The van der Waals surface area contributed by atoms with Crippen LogP contribution in [0.1, 0.15) is 29.3 Å². The van der Waals surface area contributed by atoms with E-state index in [-0.39, 0.29) is 11.6 Å². The Bertz CT molecular complexity index is 680. The van der Waals surface area contributed by atoms with Gasteiger partial charge in [-0.2, -0.15) is 0 Å². The normalized spacial score (nSPS) is 10.4. The van der Waals surface area contributed by atoms with Gasteiger partial charge in [-0.05, 0) is 23.6 Å². The highest BCUT2D eigenvalue weighted by atomic mass is 19.1. The molecular weight excluding hydrogens is 283 g/mol. The minimum absolute atomic E-state index is 0.155. The molecule has 22 heavy (non-hydrogen) atoms. The summed E-state index contributed by atoms with van der Waals surface area (Å²) in [5.41, 5.74) is 2.12. The zero-order chi connectivity index (χ0) is 16.1. The Labute approximate surface area is 129 Å². The summed E-state index contributed by atoms with van der Waals surface area (Å²) in [6.07, 6.45) is 1.49. The van der Waals surface area contributed by atoms with Gasteiger partial charge in [0.1, 0.15) is 0 Å². The average molecular weight is 302 g/mol. The molecule has 0 amide bonds. The zero-order valence-electron chi connectivity index (χ0n) is 13.0. The van der Waals surface area contributed by atoms with Gasteiger partial charge in [0.15, 0.2) is 11.6 Å². The van der Waals surface area contributed by atoms with Crippen LogP contribution in [0.3, 0.4) is 0 Å². The predicted molar refractivity (Wildman–Crippen MR) is 83.7 cm³/mol. The summed E-state index contributed by atoms with van der Waals surface area (Å²) >= 11 is 0. The van der Waals surface area contributed by atoms with E-state index >= 15 is 0 Å². The first kappa shape index (κ1) is 16.0. The minimum atomic E-state index is -0.462. The van der Waals surface area contributed by atoms with E-state index in [0.29, 0.717) is 28.7 Å². The number of hydrogen-bond donors (Lipinski definition) is 0. The summed E-state index contributed by atoms with van der Waals surface area (Å²) in [6.45, 7) is 1.99. The molecule has 0 saturated heterocycles. The Balaban J connectivity index is 2.63. The van der Waals surface area contributed by atoms with Gasteiger partial charge in [0.2, 0.25) is 0 Å². The van der Waals surface area contributed by atoms with Crippen LogP contribution in [-0.4, -0.2) is 20.2 Å². The molecule has 0 heterocycles. The molecule has 116 valence electrons. The van der Waals surface area contributed by atoms with Crippen molar-refractivity contribution in [2.45, 2.75) is 19.8 Å². The monoisotopic (exact) mass is 302 g/mol. The minimum Gasteiger partial charge on any atom is -0.493 e. The number of carbonyl (C=O) groups is 1. The van der Waals surface area contributed by atoms with Gasteiger partial charge >= 0.3 is 5.97 Å². The SMILES string of the molecule is CCCc1ccc(-c2ccccc2C(=O)OC)c(OC)c1F. The van der Waals surface area contributed by atoms with Crippen LogP contribution in [0.5, 0.6) is 5.75 Å². The Morgan fingerprint density at radius 3 is 2.45 bits per heavy atom. The fourth-order valence-electron chi connectivity index (χ4n) is 2.48. The lowest BCUT2D eigenvalue weighted by atomic mass is 9.96. The summed E-state index contributed by atoms with van der Waals surface area (Å²) < 4.78 is 24.6. The molecule has 3 nitrogen and oxygen atoms in total. The van der Waals surface area contributed by atoms with Gasteiger partial charge in [-0.1, -0.05) is 43.7 Å². The predicted octanol–water partition coefficient (Wildman–Crippen LogP) is 4.24. The number of ether oxygens (including phenoxy) is 2. The maximum atomic E-state index is 14.6. The molecule has 0 unspecified atom stereocenters. The topological polar surface area (TPSA) is 35.5 Å². The first-order chi connectivity index (χ1) is 10.6. The number of halogens is 1. The average Bonchev–Trinajstić information content (AvgIpc) is 2.56. The molecule has 0 radical (unpaired) electrons. The van der Waals surface area contributed by atoms with Crippen LogP contribution >= 0.6 is 0 Å². The zero-order valence-corrected chi connectivity index (χ0v) is 13.0. The smallest absolute Gasteiger partial charge is 0.338 e. The van der Waals surface area contributed by atoms with Crippen LogP contribution in [0.2, 0.25) is 0 Å². The quantitative estimate of drug-likeness (QED) is 0.775. The van der Waals surface area contributed by atoms with E-state index in [1.165, 1.54) is 14.2 Å². The van der Waals surface area contributed by atoms with E-state index in [1.54, 1.807) is 36.4 Å². The van der Waals surface area contributed by atoms with E-state index in [1.807, 2.05) is 6.92 Å². The van der Waals surface area contributed by atoms with Crippen LogP contribution < -0.4 is 4.74 Å². The fraction of sp³-hybridized carbons (Fsp3) is 0.278. The van der Waals surface area contributed by atoms with Crippen molar-refractivity contribution in [1.82, 2.24) is 0 Å². The van der Waals surface area contributed by atoms with Gasteiger partial charge < -0.3 is 9.47 Å². The molecule has 0 aliphatic rings. The number of esters is 1. The molecule has 0 atom stereocenters. The van der Waals surface area contributed by atoms with E-state index in [4.69, 9.17) is 9.47 Å². The van der Waals surface area contributed by atoms with E-state index in [9.17, 15) is 9.18 Å². The van der Waals surface area contributed by atoms with Crippen LogP contribution in [0, 0.1) is 5.82 Å². The maximum Gasteiger partial charge on any atom is 0.338 e. The van der Waals surface area contributed by atoms with Gasteiger partial charge in [0.25, 0.3) is 0 Å². The number of aryl methyl sites for hydroxylation is 1. The number of rotatable bonds is 5. The lowest BCUT2D eigenvalue weighted by Crippen LogP contribution is -2.05. The maximum absolute atomic E-state index is 14.6. The molecule has 0 fully saturated rings. The number of hydrogen-bond acceptors (Lipinski definition) is 3. The number of carbonyl (C=O) groups excluding carboxylic acids is 1. The molecule has 2 rings (SSSR count). The number of methoxy groups -OCH3 is 2. The van der Waals surface area contributed by atoms with E-state index in [0.717, 1.165) is 6.42 Å². The molecular formula is C18H19FO3. The highest BCUT2D eigenvalue weighted by Gasteiger charge is 2.19. The van der Waals surface area contributed by atoms with Crippen molar-refractivity contribution in [2.24, 2.45) is 0 Å². The van der Waals surface area contributed by atoms with Crippen LogP contribution in [0.15, 0.2) is 36.4 Å². The van der Waals surface area contributed by atoms with Crippen molar-refractivity contribution in [3.63, 3.8) is 0 Å². The van der Waals surface area contributed by atoms with Crippen molar-refractivity contribution in [1.29, 1.82) is 0 Å². The molecule has 2 aromatic carbocycles. The second-order valence-corrected chi connectivity index (χ2v) is 4.91. The summed E-state index contributed by atoms with van der Waals surface area (Å²) in [7, 11) is 2.75. The van der Waals surface area contributed by atoms with Gasteiger partial charge in [0.05, 0.1) is 19.8 Å². The van der Waals surface area contributed by atoms with Crippen LogP contribution in [0.4, 0.5) is 4.39 Å². The van der Waals surface area contributed by atoms with E-state index < -0.39 is 5.97 Å². The third-order valence-corrected chi connectivity index (χ3v) is 3.52. The van der Waals surface area contributed by atoms with Gasteiger partial charge in [-0.15, -0.1) is 0 Å². The van der Waals surface area contributed by atoms with Crippen LogP contribution in [0.25, 0.3) is 11.1 Å². The Morgan fingerprint density at radius 2 is 1.82 bits per heavy atom. The lowest BCUT2D eigenvalue weighted by molar-refractivity contribution is 0.0601. The first-order valence-electron chi connectivity index (χ1n) is 7.17. The third-order valence-electron chi connectivity index (χ3n) is 3.52. The summed E-state index contributed by atoms with van der Waals surface area (Å²) in [5.74, 6) is -0.681. The van der Waals surface area contributed by atoms with Gasteiger partial charge in [0, 0.05) is 5.56 Å². The molecule has 0 bridgehead atoms. The van der Waals surface area contributed by atoms with Crippen LogP contribution in [-0.2, 0) is 11.2 Å². The summed E-state index contributed by atoms with van der Waals surface area (Å²) in [6, 6.07) is 10.5. The molecule has 0 N–H and O–H groups in total. The molecule has 2 aromatic rings. The highest BCUT2D eigenvalue weighted by molar-refractivity contribution is 5.98. The first-order valence-corrected chi connectivity index (χ1v) is 7.17. The number of benzene rings is 2. The van der Waals surface area contributed by atoms with Crippen molar-refractivity contribution in [2.75, 3.05) is 14.2 Å². The molecule has 0 aromatic heterocycles. The van der Waals surface area contributed by atoms with Crippen molar-refractivity contribution < 1.29 is 18.7 Å². The summed E-state index contributed by atoms with van der Waals surface area (Å²) in [5, 5.41) is 0. The van der Waals surface area contributed by atoms with Gasteiger partial charge in [-0.25, -0.2) is 9.18 Å². The highest BCUT2D eigenvalue weighted by Crippen LogP contribution is 2.36. The standard InChI is InChI=1S/C18H19FO3/c1-4-7-12-10-11-14(17(21-2)16(12)19)13-8-5-6-9-15(13)18(20)22-3/h5-6,8-11H,4,7H2,1-3H3. The largest absolute Gasteiger partial charge is 0.493 e. The Morgan fingerprint density at radius 1 is 1.09 bits per heavy atom. The summed E-state index contributed by atoms with van der Waals surface area (Å²) in [4.78, 5) is 11.9. The molecule has 4 heteroatoms. The molecule has 0 aliphatic carbocycles. The Hall–Kier alpha value is -2.36. The second-order valence-electron chi connectivity index (χ2n) is 4.91. The Kier molecular flexibility index (Phi) is 5.15. The van der Waals surface area contributed by atoms with Crippen molar-refractivity contribution in [3.05, 3.63) is 53.3 Å². The van der Waals surface area contributed by atoms with Crippen molar-refractivity contribution in [3.8, 4) is 16.9 Å². The lowest BCUT2D eigenvalue weighted by Gasteiger charge is -2.14. The van der Waals surface area contributed by atoms with Crippen molar-refractivity contribution >= 4 is 5.97 Å². The second kappa shape index (κ2) is 7.07. The fourth-order valence-corrected chi connectivity index (χ4v) is 2.48. The third kappa shape index (κ3) is 2.96. The molecule has 0 saturated carbocycles. The molecule has 0 aliphatic heterocycles. The van der Waals surface area contributed by atoms with Gasteiger partial charge in [-0.3, -0.25) is 0 Å². The van der Waals surface area contributed by atoms with E-state index in [2.05, 4.69) is 0 Å². The molecule has 0 spiro atoms.